The molecule has 0 aromatic heterocycles. The summed E-state index contributed by atoms with van der Waals surface area (Å²) in [5, 5.41) is 2.73. The lowest BCUT2D eigenvalue weighted by molar-refractivity contribution is -0.131. The number of imide groups is 1. The fourth-order valence-electron chi connectivity index (χ4n) is 3.06. The van der Waals surface area contributed by atoms with E-state index in [1.807, 2.05) is 37.3 Å². The van der Waals surface area contributed by atoms with E-state index in [1.165, 1.54) is 0 Å². The maximum absolute atomic E-state index is 13.0. The summed E-state index contributed by atoms with van der Waals surface area (Å²) in [6.45, 7) is 5.17. The minimum Gasteiger partial charge on any atom is -0.319 e. The molecule has 1 saturated heterocycles. The first-order valence-corrected chi connectivity index (χ1v) is 8.17. The monoisotopic (exact) mass is 336 g/mol. The molecule has 3 rings (SSSR count). The second-order valence-corrected chi connectivity index (χ2v) is 6.50. The summed E-state index contributed by atoms with van der Waals surface area (Å²) in [7, 11) is 0. The molecule has 0 bridgehead atoms. The van der Waals surface area contributed by atoms with Crippen LogP contribution in [-0.4, -0.2) is 28.7 Å². The van der Waals surface area contributed by atoms with Crippen LogP contribution < -0.4 is 5.32 Å². The minimum atomic E-state index is -1.17. The van der Waals surface area contributed by atoms with Crippen LogP contribution in [0.3, 0.4) is 0 Å². The van der Waals surface area contributed by atoms with Gasteiger partial charge in [0.2, 0.25) is 0 Å². The molecule has 0 unspecified atom stereocenters. The molecule has 2 aromatic rings. The van der Waals surface area contributed by atoms with Crippen molar-refractivity contribution in [1.29, 1.82) is 0 Å². The zero-order chi connectivity index (χ0) is 18.2. The number of urea groups is 1. The van der Waals surface area contributed by atoms with Crippen molar-refractivity contribution in [3.63, 3.8) is 0 Å². The van der Waals surface area contributed by atoms with Gasteiger partial charge in [-0.15, -0.1) is 0 Å². The molecule has 1 N–H and O–H groups in total. The van der Waals surface area contributed by atoms with Crippen LogP contribution in [0.5, 0.6) is 0 Å². The van der Waals surface area contributed by atoms with Crippen LogP contribution in [0, 0.1) is 6.92 Å². The Morgan fingerprint density at radius 2 is 1.64 bits per heavy atom. The molecular weight excluding hydrogens is 316 g/mol. The Balaban J connectivity index is 1.90. The molecule has 2 aromatic carbocycles. The van der Waals surface area contributed by atoms with Crippen LogP contribution in [0.4, 0.5) is 4.79 Å². The number of nitrogens with one attached hydrogen (secondary N) is 1. The highest BCUT2D eigenvalue weighted by Gasteiger charge is 2.51. The number of hydrogen-bond donors (Lipinski definition) is 1. The predicted molar refractivity (Wildman–Crippen MR) is 94.1 cm³/mol. The molecule has 1 aliphatic heterocycles. The summed E-state index contributed by atoms with van der Waals surface area (Å²) in [6, 6.07) is 14.7. The smallest absolute Gasteiger partial charge is 0.319 e. The number of amides is 3. The lowest BCUT2D eigenvalue weighted by Crippen LogP contribution is -2.45. The average molecular weight is 336 g/mol. The van der Waals surface area contributed by atoms with Gasteiger partial charge in [0.05, 0.1) is 0 Å². The first-order valence-electron chi connectivity index (χ1n) is 8.17. The van der Waals surface area contributed by atoms with Gasteiger partial charge in [0.15, 0.2) is 5.78 Å². The standard InChI is InChI=1S/C20H20N2O3/c1-13-9-11-15(12-10-13)17(23)14(2)22-18(24)20(3,21-19(22)25)16-7-5-4-6-8-16/h4-12,14H,1-3H3,(H,21,25)/t14-,20+/m0/s1. The molecule has 128 valence electrons. The Kier molecular flexibility index (Phi) is 4.17. The zero-order valence-corrected chi connectivity index (χ0v) is 14.4. The maximum Gasteiger partial charge on any atom is 0.325 e. The van der Waals surface area contributed by atoms with Crippen molar-refractivity contribution in [2.45, 2.75) is 32.4 Å². The van der Waals surface area contributed by atoms with Crippen molar-refractivity contribution in [3.05, 3.63) is 71.3 Å². The predicted octanol–water partition coefficient (Wildman–Crippen LogP) is 3.03. The van der Waals surface area contributed by atoms with E-state index >= 15 is 0 Å². The van der Waals surface area contributed by atoms with Gasteiger partial charge in [0.25, 0.3) is 5.91 Å². The number of Topliss-reactive ketones (excluding diaryl/α,β-unsaturated/α-hetero) is 1. The molecule has 5 heteroatoms. The van der Waals surface area contributed by atoms with Crippen LogP contribution in [0.2, 0.25) is 0 Å². The average Bonchev–Trinajstić information content (AvgIpc) is 2.85. The summed E-state index contributed by atoms with van der Waals surface area (Å²) in [5.41, 5.74) is 1.04. The largest absolute Gasteiger partial charge is 0.325 e. The molecule has 1 fully saturated rings. The zero-order valence-electron chi connectivity index (χ0n) is 14.4. The maximum atomic E-state index is 13.0. The van der Waals surface area contributed by atoms with E-state index in [0.717, 1.165) is 10.5 Å². The SMILES string of the molecule is Cc1ccc(C(=O)[C@H](C)N2C(=O)N[C@](C)(c3ccccc3)C2=O)cc1. The van der Waals surface area contributed by atoms with Crippen LogP contribution in [-0.2, 0) is 10.3 Å². The topological polar surface area (TPSA) is 66.5 Å². The van der Waals surface area contributed by atoms with Gasteiger partial charge in [-0.2, -0.15) is 0 Å². The van der Waals surface area contributed by atoms with Gasteiger partial charge in [-0.05, 0) is 26.3 Å². The molecule has 0 spiro atoms. The van der Waals surface area contributed by atoms with Crippen LogP contribution >= 0.6 is 0 Å². The Bertz CT molecular complexity index is 830. The Labute approximate surface area is 146 Å². The van der Waals surface area contributed by atoms with Crippen molar-refractivity contribution >= 4 is 17.7 Å². The first-order chi connectivity index (χ1) is 11.8. The van der Waals surface area contributed by atoms with Gasteiger partial charge in [0, 0.05) is 5.56 Å². The number of benzene rings is 2. The fourth-order valence-corrected chi connectivity index (χ4v) is 3.06. The van der Waals surface area contributed by atoms with Gasteiger partial charge >= 0.3 is 6.03 Å². The molecule has 5 nitrogen and oxygen atoms in total. The van der Waals surface area contributed by atoms with Crippen molar-refractivity contribution in [2.75, 3.05) is 0 Å². The number of carbonyl (C=O) groups excluding carboxylic acids is 3. The van der Waals surface area contributed by atoms with Gasteiger partial charge < -0.3 is 5.32 Å². The lowest BCUT2D eigenvalue weighted by Gasteiger charge is -2.24. The molecule has 1 heterocycles. The van der Waals surface area contributed by atoms with Gasteiger partial charge in [-0.25, -0.2) is 4.79 Å². The molecule has 3 amide bonds. The molecule has 25 heavy (non-hydrogen) atoms. The Morgan fingerprint density at radius 3 is 2.24 bits per heavy atom. The van der Waals surface area contributed by atoms with Crippen molar-refractivity contribution in [2.24, 2.45) is 0 Å². The summed E-state index contributed by atoms with van der Waals surface area (Å²) in [6.07, 6.45) is 0. The Hall–Kier alpha value is -2.95. The summed E-state index contributed by atoms with van der Waals surface area (Å²) < 4.78 is 0. The summed E-state index contributed by atoms with van der Waals surface area (Å²) in [4.78, 5) is 39.1. The highest BCUT2D eigenvalue weighted by molar-refractivity contribution is 6.12. The minimum absolute atomic E-state index is 0.263. The normalized spacial score (nSPS) is 21.2. The van der Waals surface area contributed by atoms with Crippen LogP contribution in [0.1, 0.15) is 35.3 Å². The molecule has 0 radical (unpaired) electrons. The van der Waals surface area contributed by atoms with Crippen molar-refractivity contribution < 1.29 is 14.4 Å². The van der Waals surface area contributed by atoms with Crippen molar-refractivity contribution in [3.8, 4) is 0 Å². The lowest BCUT2D eigenvalue weighted by atomic mass is 9.91. The first kappa shape index (κ1) is 16.9. The number of nitrogens with zero attached hydrogens (tertiary/aromatic N) is 1. The van der Waals surface area contributed by atoms with Gasteiger partial charge in [-0.1, -0.05) is 60.2 Å². The molecule has 0 aliphatic carbocycles. The van der Waals surface area contributed by atoms with Gasteiger partial charge in [-0.3, -0.25) is 14.5 Å². The van der Waals surface area contributed by atoms with E-state index in [2.05, 4.69) is 5.32 Å². The highest BCUT2D eigenvalue weighted by Crippen LogP contribution is 2.30. The third kappa shape index (κ3) is 2.82. The molecule has 2 atom stereocenters. The number of rotatable bonds is 4. The third-order valence-electron chi connectivity index (χ3n) is 4.68. The summed E-state index contributed by atoms with van der Waals surface area (Å²) in [5.74, 6) is -0.683. The van der Waals surface area contributed by atoms with E-state index in [9.17, 15) is 14.4 Å². The number of ketones is 1. The molecular formula is C20H20N2O3. The number of aryl methyl sites for hydroxylation is 1. The molecule has 0 saturated carbocycles. The third-order valence-corrected chi connectivity index (χ3v) is 4.68. The van der Waals surface area contributed by atoms with E-state index in [0.29, 0.717) is 11.1 Å². The second kappa shape index (κ2) is 6.16. The van der Waals surface area contributed by atoms with E-state index in [-0.39, 0.29) is 5.78 Å². The van der Waals surface area contributed by atoms with Crippen molar-refractivity contribution in [1.82, 2.24) is 10.2 Å². The van der Waals surface area contributed by atoms with Crippen LogP contribution in [0.25, 0.3) is 0 Å². The number of carbonyl (C=O) groups is 3. The second-order valence-electron chi connectivity index (χ2n) is 6.50. The Morgan fingerprint density at radius 1 is 1.04 bits per heavy atom. The molecule has 1 aliphatic rings. The van der Waals surface area contributed by atoms with E-state index < -0.39 is 23.5 Å². The summed E-state index contributed by atoms with van der Waals surface area (Å²) >= 11 is 0. The highest BCUT2D eigenvalue weighted by atomic mass is 16.2. The van der Waals surface area contributed by atoms with E-state index in [1.54, 1.807) is 38.1 Å². The number of hydrogen-bond acceptors (Lipinski definition) is 3. The fraction of sp³-hybridized carbons (Fsp3) is 0.250. The van der Waals surface area contributed by atoms with Crippen LogP contribution in [0.15, 0.2) is 54.6 Å². The van der Waals surface area contributed by atoms with E-state index in [4.69, 9.17) is 0 Å². The van der Waals surface area contributed by atoms with Gasteiger partial charge in [0.1, 0.15) is 11.6 Å². The quantitative estimate of drug-likeness (QED) is 0.689.